The molecule has 1 aliphatic rings. The summed E-state index contributed by atoms with van der Waals surface area (Å²) in [7, 11) is 1.88. The van der Waals surface area contributed by atoms with Gasteiger partial charge in [-0.15, -0.1) is 0 Å². The van der Waals surface area contributed by atoms with Crippen molar-refractivity contribution in [1.29, 1.82) is 0 Å². The molecule has 0 saturated carbocycles. The van der Waals surface area contributed by atoms with Crippen LogP contribution in [0.2, 0.25) is 0 Å². The number of aryl methyl sites for hydroxylation is 1. The molecule has 1 fully saturated rings. The van der Waals surface area contributed by atoms with E-state index in [0.29, 0.717) is 6.42 Å². The first-order valence-electron chi connectivity index (χ1n) is 6.51. The zero-order valence-electron chi connectivity index (χ0n) is 11.1. The molecule has 1 saturated heterocycles. The Morgan fingerprint density at radius 1 is 1.25 bits per heavy atom. The summed E-state index contributed by atoms with van der Waals surface area (Å²) in [6, 6.07) is 9.56. The summed E-state index contributed by atoms with van der Waals surface area (Å²) in [5.41, 5.74) is 1.82. The molecule has 2 aromatic rings. The highest BCUT2D eigenvalue weighted by molar-refractivity contribution is 6.02. The lowest BCUT2D eigenvalue weighted by molar-refractivity contribution is -0.135. The molecule has 0 aliphatic carbocycles. The van der Waals surface area contributed by atoms with Crippen LogP contribution in [0.4, 0.5) is 0 Å². The third-order valence-electron chi connectivity index (χ3n) is 3.75. The topological polar surface area (TPSA) is 64.0 Å². The van der Waals surface area contributed by atoms with E-state index in [0.717, 1.165) is 11.3 Å². The lowest BCUT2D eigenvalue weighted by Crippen LogP contribution is -2.43. The number of aromatic nitrogens is 2. The Balaban J connectivity index is 2.06. The standard InChI is InChI=1S/C15H15N3O2/c1-18-9-16-8-12(18)11-7-13(19)17-15(20)14(11)10-5-3-2-4-6-10/h2-6,8-9,11,14H,7H2,1H3,(H,17,19,20). The van der Waals surface area contributed by atoms with Gasteiger partial charge in [-0.2, -0.15) is 0 Å². The van der Waals surface area contributed by atoms with Gasteiger partial charge in [0.25, 0.3) is 0 Å². The summed E-state index contributed by atoms with van der Waals surface area (Å²) in [5, 5.41) is 2.43. The van der Waals surface area contributed by atoms with E-state index in [1.807, 2.05) is 41.9 Å². The van der Waals surface area contributed by atoms with E-state index in [1.54, 1.807) is 12.5 Å². The van der Waals surface area contributed by atoms with Gasteiger partial charge in [0.15, 0.2) is 0 Å². The van der Waals surface area contributed by atoms with Crippen LogP contribution in [0, 0.1) is 0 Å². The summed E-state index contributed by atoms with van der Waals surface area (Å²) in [6.45, 7) is 0. The quantitative estimate of drug-likeness (QED) is 0.837. The molecule has 2 amide bonds. The Hall–Kier alpha value is -2.43. The van der Waals surface area contributed by atoms with Gasteiger partial charge in [0, 0.05) is 31.3 Å². The molecule has 3 rings (SSSR count). The van der Waals surface area contributed by atoms with Crippen molar-refractivity contribution in [3.63, 3.8) is 0 Å². The van der Waals surface area contributed by atoms with Crippen LogP contribution in [0.3, 0.4) is 0 Å². The molecule has 20 heavy (non-hydrogen) atoms. The fourth-order valence-electron chi connectivity index (χ4n) is 2.81. The smallest absolute Gasteiger partial charge is 0.234 e. The second kappa shape index (κ2) is 4.92. The molecule has 1 aliphatic heterocycles. The van der Waals surface area contributed by atoms with Crippen molar-refractivity contribution in [3.05, 3.63) is 54.1 Å². The van der Waals surface area contributed by atoms with E-state index in [-0.39, 0.29) is 23.7 Å². The first kappa shape index (κ1) is 12.6. The predicted molar refractivity (Wildman–Crippen MR) is 72.9 cm³/mol. The van der Waals surface area contributed by atoms with E-state index in [4.69, 9.17) is 0 Å². The minimum absolute atomic E-state index is 0.175. The molecule has 0 bridgehead atoms. The fourth-order valence-corrected chi connectivity index (χ4v) is 2.81. The van der Waals surface area contributed by atoms with Gasteiger partial charge >= 0.3 is 0 Å². The van der Waals surface area contributed by atoms with Gasteiger partial charge in [0.05, 0.1) is 12.2 Å². The van der Waals surface area contributed by atoms with Crippen molar-refractivity contribution in [1.82, 2.24) is 14.9 Å². The average Bonchev–Trinajstić information content (AvgIpc) is 2.85. The van der Waals surface area contributed by atoms with Crippen LogP contribution in [0.25, 0.3) is 0 Å². The normalized spacial score (nSPS) is 22.6. The Labute approximate surface area is 116 Å². The van der Waals surface area contributed by atoms with Crippen LogP contribution in [-0.4, -0.2) is 21.4 Å². The third kappa shape index (κ3) is 2.11. The minimum atomic E-state index is -0.357. The van der Waals surface area contributed by atoms with Crippen molar-refractivity contribution >= 4 is 11.8 Å². The van der Waals surface area contributed by atoms with E-state index in [1.165, 1.54) is 0 Å². The van der Waals surface area contributed by atoms with Crippen LogP contribution in [-0.2, 0) is 16.6 Å². The summed E-state index contributed by atoms with van der Waals surface area (Å²) in [4.78, 5) is 28.1. The van der Waals surface area contributed by atoms with Gasteiger partial charge in [-0.05, 0) is 5.56 Å². The van der Waals surface area contributed by atoms with Gasteiger partial charge in [-0.3, -0.25) is 14.9 Å². The fraction of sp³-hybridized carbons (Fsp3) is 0.267. The van der Waals surface area contributed by atoms with Crippen LogP contribution in [0.15, 0.2) is 42.9 Å². The number of hydrogen-bond acceptors (Lipinski definition) is 3. The lowest BCUT2D eigenvalue weighted by atomic mass is 9.79. The molecule has 102 valence electrons. The van der Waals surface area contributed by atoms with Crippen LogP contribution < -0.4 is 5.32 Å². The lowest BCUT2D eigenvalue weighted by Gasteiger charge is -2.30. The zero-order valence-corrected chi connectivity index (χ0v) is 11.1. The molecule has 2 atom stereocenters. The highest BCUT2D eigenvalue weighted by Gasteiger charge is 2.38. The number of amides is 2. The van der Waals surface area contributed by atoms with Gasteiger partial charge in [0.1, 0.15) is 0 Å². The summed E-state index contributed by atoms with van der Waals surface area (Å²) >= 11 is 0. The zero-order chi connectivity index (χ0) is 14.1. The van der Waals surface area contributed by atoms with Gasteiger partial charge in [-0.1, -0.05) is 30.3 Å². The van der Waals surface area contributed by atoms with Crippen molar-refractivity contribution in [2.45, 2.75) is 18.3 Å². The molecule has 2 heterocycles. The van der Waals surface area contributed by atoms with Crippen LogP contribution >= 0.6 is 0 Å². The Kier molecular flexibility index (Phi) is 3.10. The molecular weight excluding hydrogens is 254 g/mol. The molecule has 5 heteroatoms. The van der Waals surface area contributed by atoms with E-state index < -0.39 is 0 Å². The maximum absolute atomic E-state index is 12.3. The van der Waals surface area contributed by atoms with Gasteiger partial charge in [0.2, 0.25) is 11.8 Å². The number of imide groups is 1. The molecule has 2 unspecified atom stereocenters. The monoisotopic (exact) mass is 269 g/mol. The number of nitrogens with zero attached hydrogens (tertiary/aromatic N) is 2. The Morgan fingerprint density at radius 2 is 2.00 bits per heavy atom. The number of hydrogen-bond donors (Lipinski definition) is 1. The predicted octanol–water partition coefficient (Wildman–Crippen LogP) is 1.33. The first-order valence-corrected chi connectivity index (χ1v) is 6.51. The molecule has 1 aromatic heterocycles. The maximum atomic E-state index is 12.3. The van der Waals surface area contributed by atoms with Crippen LogP contribution in [0.5, 0.6) is 0 Å². The number of benzene rings is 1. The van der Waals surface area contributed by atoms with Crippen molar-refractivity contribution in [2.24, 2.45) is 7.05 Å². The second-order valence-corrected chi connectivity index (χ2v) is 5.04. The molecule has 1 N–H and O–H groups in total. The van der Waals surface area contributed by atoms with Crippen molar-refractivity contribution < 1.29 is 9.59 Å². The van der Waals surface area contributed by atoms with E-state index >= 15 is 0 Å². The van der Waals surface area contributed by atoms with E-state index in [9.17, 15) is 9.59 Å². The van der Waals surface area contributed by atoms with E-state index in [2.05, 4.69) is 10.3 Å². The number of nitrogens with one attached hydrogen (secondary N) is 1. The number of carbonyl (C=O) groups is 2. The second-order valence-electron chi connectivity index (χ2n) is 5.04. The summed E-state index contributed by atoms with van der Waals surface area (Å²) < 4.78 is 1.87. The van der Waals surface area contributed by atoms with Crippen molar-refractivity contribution in [3.8, 4) is 0 Å². The third-order valence-corrected chi connectivity index (χ3v) is 3.75. The number of piperidine rings is 1. The highest BCUT2D eigenvalue weighted by atomic mass is 16.2. The number of imidazole rings is 1. The number of rotatable bonds is 2. The van der Waals surface area contributed by atoms with Crippen LogP contribution in [0.1, 0.15) is 29.5 Å². The Morgan fingerprint density at radius 3 is 2.65 bits per heavy atom. The number of carbonyl (C=O) groups excluding carboxylic acids is 2. The average molecular weight is 269 g/mol. The van der Waals surface area contributed by atoms with Gasteiger partial charge in [-0.25, -0.2) is 4.98 Å². The SMILES string of the molecule is Cn1cncc1C1CC(=O)NC(=O)C1c1ccccc1. The molecular formula is C15H15N3O2. The highest BCUT2D eigenvalue weighted by Crippen LogP contribution is 2.37. The van der Waals surface area contributed by atoms with Gasteiger partial charge < -0.3 is 4.57 Å². The minimum Gasteiger partial charge on any atom is -0.337 e. The Bertz CT molecular complexity index is 648. The summed E-state index contributed by atoms with van der Waals surface area (Å²) in [6.07, 6.45) is 3.71. The first-order chi connectivity index (χ1) is 9.66. The largest absolute Gasteiger partial charge is 0.337 e. The maximum Gasteiger partial charge on any atom is 0.234 e. The van der Waals surface area contributed by atoms with Crippen molar-refractivity contribution in [2.75, 3.05) is 0 Å². The molecule has 5 nitrogen and oxygen atoms in total. The summed E-state index contributed by atoms with van der Waals surface area (Å²) in [5.74, 6) is -0.998. The molecule has 0 spiro atoms. The molecule has 1 aromatic carbocycles. The molecule has 0 radical (unpaired) electrons.